The van der Waals surface area contributed by atoms with Gasteiger partial charge in [0.2, 0.25) is 0 Å². The molecule has 0 aliphatic rings. The second-order valence-electron chi connectivity index (χ2n) is 3.91. The number of carbonyl (C=O) groups excluding carboxylic acids is 1. The van der Waals surface area contributed by atoms with Gasteiger partial charge in [0.1, 0.15) is 4.64 Å². The molecule has 1 amide bonds. The molecule has 1 heterocycles. The number of rotatable bonds is 6. The van der Waals surface area contributed by atoms with E-state index in [9.17, 15) is 4.79 Å². The number of amides is 1. The summed E-state index contributed by atoms with van der Waals surface area (Å²) in [7, 11) is 0. The molecule has 0 aromatic carbocycles. The minimum atomic E-state index is -0.164. The standard InChI is InChI=1S/C12H18N2O2S/c1-2-9(5-7-15)8-14-11(16)10-4-3-6-13-12(10)17/h3-4,6,9,15H,2,5,7-8H2,1H3,(H,13,17)(H,14,16)/t9-/m0/s1. The predicted octanol–water partition coefficient (Wildman–Crippen LogP) is 1.88. The highest BCUT2D eigenvalue weighted by molar-refractivity contribution is 7.71. The number of H-pyrrole nitrogens is 1. The number of carbonyl (C=O) groups is 1. The van der Waals surface area contributed by atoms with E-state index >= 15 is 0 Å². The molecule has 1 aromatic heterocycles. The molecule has 1 aromatic rings. The molecule has 1 atom stereocenters. The molecule has 0 unspecified atom stereocenters. The third kappa shape index (κ3) is 4.28. The Morgan fingerprint density at radius 3 is 3.00 bits per heavy atom. The van der Waals surface area contributed by atoms with Crippen molar-refractivity contribution < 1.29 is 9.90 Å². The number of hydrogen-bond donors (Lipinski definition) is 3. The van der Waals surface area contributed by atoms with E-state index in [0.717, 1.165) is 6.42 Å². The van der Waals surface area contributed by atoms with Crippen molar-refractivity contribution in [1.29, 1.82) is 0 Å². The van der Waals surface area contributed by atoms with E-state index in [-0.39, 0.29) is 12.5 Å². The van der Waals surface area contributed by atoms with Gasteiger partial charge in [-0.05, 0) is 24.5 Å². The van der Waals surface area contributed by atoms with Gasteiger partial charge in [-0.15, -0.1) is 0 Å². The van der Waals surface area contributed by atoms with Crippen LogP contribution in [0.15, 0.2) is 18.3 Å². The lowest BCUT2D eigenvalue weighted by Crippen LogP contribution is -2.29. The lowest BCUT2D eigenvalue weighted by atomic mass is 10.0. The van der Waals surface area contributed by atoms with Crippen LogP contribution in [0.25, 0.3) is 0 Å². The summed E-state index contributed by atoms with van der Waals surface area (Å²) < 4.78 is 0.445. The van der Waals surface area contributed by atoms with Crippen LogP contribution in [0.5, 0.6) is 0 Å². The van der Waals surface area contributed by atoms with Gasteiger partial charge in [0.05, 0.1) is 5.56 Å². The molecule has 0 saturated carbocycles. The van der Waals surface area contributed by atoms with E-state index < -0.39 is 0 Å². The smallest absolute Gasteiger partial charge is 0.254 e. The highest BCUT2D eigenvalue weighted by atomic mass is 32.1. The van der Waals surface area contributed by atoms with Gasteiger partial charge >= 0.3 is 0 Å². The molecular weight excluding hydrogens is 236 g/mol. The molecule has 0 spiro atoms. The minimum Gasteiger partial charge on any atom is -0.396 e. The fraction of sp³-hybridized carbons (Fsp3) is 0.500. The summed E-state index contributed by atoms with van der Waals surface area (Å²) in [4.78, 5) is 14.7. The van der Waals surface area contributed by atoms with Gasteiger partial charge in [0.15, 0.2) is 0 Å². The van der Waals surface area contributed by atoms with Crippen LogP contribution in [0.4, 0.5) is 0 Å². The Bertz CT molecular complexity index is 417. The van der Waals surface area contributed by atoms with Crippen molar-refractivity contribution >= 4 is 18.1 Å². The van der Waals surface area contributed by atoms with Crippen molar-refractivity contribution in [1.82, 2.24) is 10.3 Å². The fourth-order valence-corrected chi connectivity index (χ4v) is 1.79. The summed E-state index contributed by atoms with van der Waals surface area (Å²) in [6.07, 6.45) is 3.33. The Labute approximate surface area is 106 Å². The van der Waals surface area contributed by atoms with Crippen molar-refractivity contribution in [2.45, 2.75) is 19.8 Å². The summed E-state index contributed by atoms with van der Waals surface area (Å²) in [5.41, 5.74) is 0.487. The first-order valence-electron chi connectivity index (χ1n) is 5.75. The van der Waals surface area contributed by atoms with Gasteiger partial charge < -0.3 is 15.4 Å². The van der Waals surface area contributed by atoms with Crippen LogP contribution in [-0.4, -0.2) is 29.1 Å². The molecule has 0 aliphatic heterocycles. The molecule has 0 radical (unpaired) electrons. The largest absolute Gasteiger partial charge is 0.396 e. The van der Waals surface area contributed by atoms with E-state index in [1.54, 1.807) is 18.3 Å². The fourth-order valence-electron chi connectivity index (χ4n) is 1.57. The molecule has 0 fully saturated rings. The van der Waals surface area contributed by atoms with Gasteiger partial charge in [0, 0.05) is 19.3 Å². The van der Waals surface area contributed by atoms with E-state index in [1.165, 1.54) is 0 Å². The van der Waals surface area contributed by atoms with Crippen LogP contribution < -0.4 is 5.32 Å². The average Bonchev–Trinajstić information content (AvgIpc) is 2.34. The van der Waals surface area contributed by atoms with Crippen molar-refractivity contribution in [3.63, 3.8) is 0 Å². The van der Waals surface area contributed by atoms with Gasteiger partial charge in [0.25, 0.3) is 5.91 Å². The van der Waals surface area contributed by atoms with Crippen LogP contribution in [0.1, 0.15) is 30.1 Å². The van der Waals surface area contributed by atoms with E-state index in [2.05, 4.69) is 10.3 Å². The molecule has 4 nitrogen and oxygen atoms in total. The van der Waals surface area contributed by atoms with Gasteiger partial charge in [-0.25, -0.2) is 0 Å². The molecular formula is C12H18N2O2S. The van der Waals surface area contributed by atoms with Gasteiger partial charge in [-0.2, -0.15) is 0 Å². The zero-order chi connectivity index (χ0) is 12.7. The SMILES string of the molecule is CC[C@@H](CCO)CNC(=O)c1ccc[nH]c1=S. The average molecular weight is 254 g/mol. The predicted molar refractivity (Wildman–Crippen MR) is 69.4 cm³/mol. The quantitative estimate of drug-likeness (QED) is 0.679. The molecule has 0 aliphatic carbocycles. The highest BCUT2D eigenvalue weighted by Crippen LogP contribution is 2.06. The lowest BCUT2D eigenvalue weighted by Gasteiger charge is -2.14. The molecule has 94 valence electrons. The first kappa shape index (κ1) is 13.9. The number of aromatic nitrogens is 1. The number of nitrogens with one attached hydrogen (secondary N) is 2. The maximum absolute atomic E-state index is 11.8. The van der Waals surface area contributed by atoms with E-state index in [4.69, 9.17) is 17.3 Å². The maximum Gasteiger partial charge on any atom is 0.254 e. The molecule has 3 N–H and O–H groups in total. The van der Waals surface area contributed by atoms with Crippen molar-refractivity contribution in [3.05, 3.63) is 28.5 Å². The first-order valence-corrected chi connectivity index (χ1v) is 6.16. The molecule has 0 bridgehead atoms. The topological polar surface area (TPSA) is 65.1 Å². The normalized spacial score (nSPS) is 12.1. The molecule has 0 saturated heterocycles. The van der Waals surface area contributed by atoms with E-state index in [0.29, 0.717) is 29.1 Å². The van der Waals surface area contributed by atoms with Crippen LogP contribution in [0.2, 0.25) is 0 Å². The van der Waals surface area contributed by atoms with Crippen LogP contribution in [0, 0.1) is 10.6 Å². The van der Waals surface area contributed by atoms with Crippen molar-refractivity contribution in [2.75, 3.05) is 13.2 Å². The van der Waals surface area contributed by atoms with Crippen LogP contribution >= 0.6 is 12.2 Å². The summed E-state index contributed by atoms with van der Waals surface area (Å²) in [6, 6.07) is 3.44. The third-order valence-corrected chi connectivity index (χ3v) is 3.07. The highest BCUT2D eigenvalue weighted by Gasteiger charge is 2.10. The number of hydrogen-bond acceptors (Lipinski definition) is 3. The second-order valence-corrected chi connectivity index (χ2v) is 4.32. The third-order valence-electron chi connectivity index (χ3n) is 2.73. The number of aliphatic hydroxyl groups is 1. The Kier molecular flexibility index (Phi) is 5.86. The summed E-state index contributed by atoms with van der Waals surface area (Å²) in [5, 5.41) is 11.7. The lowest BCUT2D eigenvalue weighted by molar-refractivity contribution is 0.0942. The minimum absolute atomic E-state index is 0.153. The second kappa shape index (κ2) is 7.19. The molecule has 17 heavy (non-hydrogen) atoms. The van der Waals surface area contributed by atoms with Gasteiger partial charge in [-0.1, -0.05) is 25.6 Å². The summed E-state index contributed by atoms with van der Waals surface area (Å²) >= 11 is 5.03. The number of pyridine rings is 1. The Morgan fingerprint density at radius 1 is 1.65 bits per heavy atom. The maximum atomic E-state index is 11.8. The Balaban J connectivity index is 2.55. The summed E-state index contributed by atoms with van der Waals surface area (Å²) in [5.74, 6) is 0.147. The number of aliphatic hydroxyl groups excluding tert-OH is 1. The summed E-state index contributed by atoms with van der Waals surface area (Å²) in [6.45, 7) is 2.76. The van der Waals surface area contributed by atoms with Crippen molar-refractivity contribution in [3.8, 4) is 0 Å². The first-order chi connectivity index (χ1) is 8.19. The monoisotopic (exact) mass is 254 g/mol. The Hall–Kier alpha value is -1.20. The Morgan fingerprint density at radius 2 is 2.41 bits per heavy atom. The van der Waals surface area contributed by atoms with Crippen LogP contribution in [0.3, 0.4) is 0 Å². The number of aromatic amines is 1. The van der Waals surface area contributed by atoms with Gasteiger partial charge in [-0.3, -0.25) is 4.79 Å². The van der Waals surface area contributed by atoms with Crippen molar-refractivity contribution in [2.24, 2.45) is 5.92 Å². The van der Waals surface area contributed by atoms with Crippen LogP contribution in [-0.2, 0) is 0 Å². The van der Waals surface area contributed by atoms with E-state index in [1.807, 2.05) is 6.92 Å². The zero-order valence-corrected chi connectivity index (χ0v) is 10.7. The molecule has 1 rings (SSSR count). The zero-order valence-electron chi connectivity index (χ0n) is 9.90. The molecule has 5 heteroatoms.